The largest absolute Gasteiger partial charge is 0.489 e. The zero-order valence-electron chi connectivity index (χ0n) is 10.8. The minimum atomic E-state index is -0.512. The van der Waals surface area contributed by atoms with E-state index in [4.69, 9.17) is 4.74 Å². The van der Waals surface area contributed by atoms with Crippen molar-refractivity contribution >= 4 is 11.8 Å². The summed E-state index contributed by atoms with van der Waals surface area (Å²) in [5.74, 6) is 3.12. The van der Waals surface area contributed by atoms with Crippen LogP contribution in [0, 0.1) is 0 Å². The number of likely N-dealkylation sites (N-methyl/N-ethyl adjacent to an activating group) is 1. The lowest BCUT2D eigenvalue weighted by Gasteiger charge is -2.25. The van der Waals surface area contributed by atoms with Crippen molar-refractivity contribution in [2.45, 2.75) is 25.0 Å². The molecule has 18 heavy (non-hydrogen) atoms. The molecule has 4 heteroatoms. The van der Waals surface area contributed by atoms with Gasteiger partial charge in [0.15, 0.2) is 0 Å². The maximum absolute atomic E-state index is 10.1. The van der Waals surface area contributed by atoms with Crippen molar-refractivity contribution in [2.24, 2.45) is 0 Å². The van der Waals surface area contributed by atoms with E-state index >= 15 is 0 Å². The van der Waals surface area contributed by atoms with Gasteiger partial charge in [-0.1, -0.05) is 18.2 Å². The first-order chi connectivity index (χ1) is 8.81. The van der Waals surface area contributed by atoms with Crippen molar-refractivity contribution in [1.82, 2.24) is 5.32 Å². The molecule has 0 aliphatic carbocycles. The van der Waals surface area contributed by atoms with Gasteiger partial charge in [-0.25, -0.2) is 0 Å². The minimum Gasteiger partial charge on any atom is -0.489 e. The quantitative estimate of drug-likeness (QED) is 0.858. The summed E-state index contributed by atoms with van der Waals surface area (Å²) >= 11 is 1.95. The average Bonchev–Trinajstić information content (AvgIpc) is 2.41. The van der Waals surface area contributed by atoms with Crippen molar-refractivity contribution in [3.05, 3.63) is 29.8 Å². The molecule has 2 N–H and O–H groups in total. The lowest BCUT2D eigenvalue weighted by molar-refractivity contribution is 0.160. The van der Waals surface area contributed by atoms with E-state index in [9.17, 15) is 5.11 Å². The standard InChI is InChI=1S/C14H21NO2S/c1-15-9-13(16)12-6-2-3-7-14(12)17-11-5-4-8-18-10-11/h2-3,6-7,11,13,15-16H,4-5,8-10H2,1H3. The smallest absolute Gasteiger partial charge is 0.125 e. The van der Waals surface area contributed by atoms with Crippen molar-refractivity contribution in [3.63, 3.8) is 0 Å². The first-order valence-electron chi connectivity index (χ1n) is 6.47. The van der Waals surface area contributed by atoms with Gasteiger partial charge >= 0.3 is 0 Å². The van der Waals surface area contributed by atoms with Crippen LogP contribution in [0.1, 0.15) is 24.5 Å². The van der Waals surface area contributed by atoms with Crippen LogP contribution in [0.2, 0.25) is 0 Å². The van der Waals surface area contributed by atoms with Crippen LogP contribution >= 0.6 is 11.8 Å². The molecule has 0 radical (unpaired) electrons. The molecule has 2 rings (SSSR count). The number of nitrogens with one attached hydrogen (secondary N) is 1. The second kappa shape index (κ2) is 7.02. The molecule has 2 unspecified atom stereocenters. The Bertz CT molecular complexity index is 367. The van der Waals surface area contributed by atoms with E-state index < -0.39 is 6.10 Å². The summed E-state index contributed by atoms with van der Waals surface area (Å²) < 4.78 is 6.05. The van der Waals surface area contributed by atoms with Gasteiger partial charge in [-0.15, -0.1) is 0 Å². The van der Waals surface area contributed by atoms with Crippen molar-refractivity contribution in [3.8, 4) is 5.75 Å². The second-order valence-electron chi connectivity index (χ2n) is 4.57. The minimum absolute atomic E-state index is 0.284. The highest BCUT2D eigenvalue weighted by molar-refractivity contribution is 7.99. The Labute approximate surface area is 113 Å². The summed E-state index contributed by atoms with van der Waals surface area (Å²) in [5, 5.41) is 13.1. The molecular formula is C14H21NO2S. The molecule has 1 aromatic rings. The van der Waals surface area contributed by atoms with Gasteiger partial charge in [-0.3, -0.25) is 0 Å². The molecule has 0 spiro atoms. The van der Waals surface area contributed by atoms with Gasteiger partial charge in [0.2, 0.25) is 0 Å². The monoisotopic (exact) mass is 267 g/mol. The Morgan fingerprint density at radius 3 is 3.06 bits per heavy atom. The Morgan fingerprint density at radius 1 is 1.50 bits per heavy atom. The number of hydrogen-bond acceptors (Lipinski definition) is 4. The van der Waals surface area contributed by atoms with E-state index in [1.165, 1.54) is 12.2 Å². The fraction of sp³-hybridized carbons (Fsp3) is 0.571. The number of hydrogen-bond donors (Lipinski definition) is 2. The van der Waals surface area contributed by atoms with Crippen LogP contribution in [0.25, 0.3) is 0 Å². The number of aliphatic hydroxyl groups is 1. The van der Waals surface area contributed by atoms with E-state index in [2.05, 4.69) is 5.32 Å². The van der Waals surface area contributed by atoms with Gasteiger partial charge < -0.3 is 15.2 Å². The van der Waals surface area contributed by atoms with E-state index in [0.29, 0.717) is 6.54 Å². The molecule has 2 atom stereocenters. The second-order valence-corrected chi connectivity index (χ2v) is 5.72. The van der Waals surface area contributed by atoms with Crippen molar-refractivity contribution < 1.29 is 9.84 Å². The number of benzene rings is 1. The highest BCUT2D eigenvalue weighted by Crippen LogP contribution is 2.28. The van der Waals surface area contributed by atoms with Crippen molar-refractivity contribution in [1.29, 1.82) is 0 Å². The first kappa shape index (κ1) is 13.7. The maximum atomic E-state index is 10.1. The van der Waals surface area contributed by atoms with E-state index in [1.807, 2.05) is 43.1 Å². The van der Waals surface area contributed by atoms with Gasteiger partial charge in [0.1, 0.15) is 11.9 Å². The molecule has 1 fully saturated rings. The van der Waals surface area contributed by atoms with Gasteiger partial charge in [0, 0.05) is 17.9 Å². The zero-order valence-corrected chi connectivity index (χ0v) is 11.6. The van der Waals surface area contributed by atoms with Gasteiger partial charge in [0.25, 0.3) is 0 Å². The number of para-hydroxylation sites is 1. The number of rotatable bonds is 5. The fourth-order valence-electron chi connectivity index (χ4n) is 2.15. The third kappa shape index (κ3) is 3.64. The zero-order chi connectivity index (χ0) is 12.8. The maximum Gasteiger partial charge on any atom is 0.125 e. The Kier molecular flexibility index (Phi) is 5.35. The van der Waals surface area contributed by atoms with Crippen LogP contribution < -0.4 is 10.1 Å². The molecule has 3 nitrogen and oxygen atoms in total. The van der Waals surface area contributed by atoms with Crippen molar-refractivity contribution in [2.75, 3.05) is 25.1 Å². The molecule has 1 saturated heterocycles. The molecule has 0 amide bonds. The van der Waals surface area contributed by atoms with E-state index in [-0.39, 0.29) is 6.10 Å². The lowest BCUT2D eigenvalue weighted by atomic mass is 10.1. The van der Waals surface area contributed by atoms with Crippen LogP contribution in [0.15, 0.2) is 24.3 Å². The molecular weight excluding hydrogens is 246 g/mol. The van der Waals surface area contributed by atoms with E-state index in [1.54, 1.807) is 0 Å². The normalized spacial score (nSPS) is 21.6. The van der Waals surface area contributed by atoms with Gasteiger partial charge in [0.05, 0.1) is 6.10 Å². The molecule has 1 heterocycles. The molecule has 1 aliphatic heterocycles. The van der Waals surface area contributed by atoms with Gasteiger partial charge in [-0.05, 0) is 31.7 Å². The van der Waals surface area contributed by atoms with Crippen LogP contribution in [0.5, 0.6) is 5.75 Å². The summed E-state index contributed by atoms with van der Waals surface area (Å²) in [4.78, 5) is 0. The highest BCUT2D eigenvalue weighted by Gasteiger charge is 2.18. The summed E-state index contributed by atoms with van der Waals surface area (Å²) in [6.07, 6.45) is 2.11. The highest BCUT2D eigenvalue weighted by atomic mass is 32.2. The van der Waals surface area contributed by atoms with Crippen LogP contribution in [0.3, 0.4) is 0 Å². The van der Waals surface area contributed by atoms with Crippen LogP contribution in [-0.4, -0.2) is 36.3 Å². The summed E-state index contributed by atoms with van der Waals surface area (Å²) in [5.41, 5.74) is 0.877. The molecule has 0 aromatic heterocycles. The van der Waals surface area contributed by atoms with Crippen LogP contribution in [-0.2, 0) is 0 Å². The fourth-order valence-corrected chi connectivity index (χ4v) is 3.19. The Hall–Kier alpha value is -0.710. The SMILES string of the molecule is CNCC(O)c1ccccc1OC1CCCSC1. The number of aliphatic hydroxyl groups excluding tert-OH is 1. The predicted molar refractivity (Wildman–Crippen MR) is 76.3 cm³/mol. The number of thioether (sulfide) groups is 1. The predicted octanol–water partition coefficient (Wildman–Crippen LogP) is 2.21. The molecule has 0 bridgehead atoms. The summed E-state index contributed by atoms with van der Waals surface area (Å²) in [7, 11) is 1.84. The van der Waals surface area contributed by atoms with Crippen LogP contribution in [0.4, 0.5) is 0 Å². The molecule has 100 valence electrons. The Balaban J connectivity index is 2.06. The third-order valence-electron chi connectivity index (χ3n) is 3.09. The summed E-state index contributed by atoms with van der Waals surface area (Å²) in [6, 6.07) is 7.79. The Morgan fingerprint density at radius 2 is 2.33 bits per heavy atom. The number of ether oxygens (including phenoxy) is 1. The van der Waals surface area contributed by atoms with E-state index in [0.717, 1.165) is 23.5 Å². The summed E-state index contributed by atoms with van der Waals surface area (Å²) in [6.45, 7) is 0.541. The topological polar surface area (TPSA) is 41.5 Å². The third-order valence-corrected chi connectivity index (χ3v) is 4.27. The van der Waals surface area contributed by atoms with Gasteiger partial charge in [-0.2, -0.15) is 11.8 Å². The molecule has 1 aliphatic rings. The molecule has 1 aromatic carbocycles. The average molecular weight is 267 g/mol. The first-order valence-corrected chi connectivity index (χ1v) is 7.62. The molecule has 0 saturated carbocycles. The lowest BCUT2D eigenvalue weighted by Crippen LogP contribution is -2.25.